The van der Waals surface area contributed by atoms with E-state index in [0.717, 1.165) is 25.1 Å². The number of hydrogen-bond donors (Lipinski definition) is 0. The number of nitriles is 1. The van der Waals surface area contributed by atoms with Crippen LogP contribution >= 0.6 is 0 Å². The zero-order chi connectivity index (χ0) is 18.0. The second-order valence-corrected chi connectivity index (χ2v) is 5.23. The lowest BCUT2D eigenvalue weighted by Gasteiger charge is -2.14. The normalized spacial score (nSPS) is 12.8. The first-order valence-electron chi connectivity index (χ1n) is 6.89. The van der Waals surface area contributed by atoms with Crippen molar-refractivity contribution in [3.63, 3.8) is 0 Å². The fourth-order valence-electron chi connectivity index (χ4n) is 2.22. The molecular formula is C18H12F5N. The summed E-state index contributed by atoms with van der Waals surface area (Å²) >= 11 is 0. The number of allylic oxidation sites excluding steroid dienone is 1. The molecule has 0 saturated carbocycles. The maximum atomic E-state index is 13.5. The Labute approximate surface area is 135 Å². The molecule has 0 aliphatic rings. The number of hydrogen-bond acceptors (Lipinski definition) is 1. The van der Waals surface area contributed by atoms with E-state index in [0.29, 0.717) is 0 Å². The number of alkyl halides is 5. The number of nitrogens with zero attached hydrogens (tertiary/aromatic N) is 1. The fourth-order valence-corrected chi connectivity index (χ4v) is 2.22. The Kier molecular flexibility index (Phi) is 4.74. The summed E-state index contributed by atoms with van der Waals surface area (Å²) in [4.78, 5) is 0. The van der Waals surface area contributed by atoms with Gasteiger partial charge in [-0.1, -0.05) is 30.3 Å². The summed E-state index contributed by atoms with van der Waals surface area (Å²) in [5.41, 5.74) is -0.635. The highest BCUT2D eigenvalue weighted by Gasteiger charge is 2.31. The van der Waals surface area contributed by atoms with Gasteiger partial charge in [-0.2, -0.15) is 18.4 Å². The average molecular weight is 337 g/mol. The molecule has 2 rings (SSSR count). The molecule has 2 aromatic rings. The minimum absolute atomic E-state index is 0.128. The molecule has 0 N–H and O–H groups in total. The molecule has 0 radical (unpaired) electrons. The lowest BCUT2D eigenvalue weighted by Crippen LogP contribution is -2.07. The monoisotopic (exact) mass is 337 g/mol. The molecule has 0 saturated heterocycles. The van der Waals surface area contributed by atoms with Crippen LogP contribution < -0.4 is 0 Å². The quantitative estimate of drug-likeness (QED) is 0.515. The summed E-state index contributed by atoms with van der Waals surface area (Å²) in [6.45, 7) is 0.726. The summed E-state index contributed by atoms with van der Waals surface area (Å²) in [7, 11) is 0. The molecule has 1 nitrogen and oxygen atoms in total. The van der Waals surface area contributed by atoms with Crippen LogP contribution in [0.25, 0.3) is 5.57 Å². The smallest absolute Gasteiger partial charge is 0.202 e. The van der Waals surface area contributed by atoms with E-state index in [1.54, 1.807) is 6.07 Å². The first-order chi connectivity index (χ1) is 11.1. The van der Waals surface area contributed by atoms with E-state index in [1.165, 1.54) is 36.4 Å². The Bertz CT molecular complexity index is 748. The van der Waals surface area contributed by atoms with Crippen LogP contribution in [-0.4, -0.2) is 0 Å². The van der Waals surface area contributed by atoms with Crippen molar-refractivity contribution in [3.8, 4) is 6.07 Å². The lowest BCUT2D eigenvalue weighted by atomic mass is 9.94. The fraction of sp³-hybridized carbons (Fsp3) is 0.167. The van der Waals surface area contributed by atoms with Crippen molar-refractivity contribution in [1.82, 2.24) is 0 Å². The van der Waals surface area contributed by atoms with Crippen LogP contribution in [0.4, 0.5) is 22.0 Å². The van der Waals surface area contributed by atoms with Crippen LogP contribution in [0.2, 0.25) is 0 Å². The molecule has 0 fully saturated rings. The molecule has 2 aromatic carbocycles. The van der Waals surface area contributed by atoms with Gasteiger partial charge in [-0.05, 0) is 34.9 Å². The minimum Gasteiger partial charge on any atom is -0.202 e. The van der Waals surface area contributed by atoms with Crippen molar-refractivity contribution in [3.05, 3.63) is 76.9 Å². The summed E-state index contributed by atoms with van der Waals surface area (Å²) < 4.78 is 65.5. The van der Waals surface area contributed by atoms with E-state index in [9.17, 15) is 22.0 Å². The van der Waals surface area contributed by atoms with Gasteiger partial charge in [-0.3, -0.25) is 0 Å². The minimum atomic E-state index is -4.54. The second kappa shape index (κ2) is 6.44. The van der Waals surface area contributed by atoms with Gasteiger partial charge >= 0.3 is 6.18 Å². The standard InChI is InChI=1S/C18H12F5N/c1-17(19,20)14-6-2-4-12(10-14)16(8-9-24)13-5-3-7-15(11-13)18(21,22)23/h2-8,10-11H,1H3/b16-8+. The molecule has 0 unspecified atom stereocenters. The van der Waals surface area contributed by atoms with Crippen LogP contribution in [0.3, 0.4) is 0 Å². The Morgan fingerprint density at radius 3 is 1.88 bits per heavy atom. The van der Waals surface area contributed by atoms with Crippen LogP contribution in [0.15, 0.2) is 54.6 Å². The van der Waals surface area contributed by atoms with E-state index < -0.39 is 17.7 Å². The summed E-state index contributed by atoms with van der Waals surface area (Å²) in [6.07, 6.45) is -3.49. The molecule has 0 spiro atoms. The van der Waals surface area contributed by atoms with Crippen molar-refractivity contribution in [2.45, 2.75) is 19.0 Å². The number of rotatable bonds is 3. The Hall–Kier alpha value is -2.68. The molecule has 0 amide bonds. The maximum absolute atomic E-state index is 13.5. The molecule has 0 heterocycles. The summed E-state index contributed by atoms with van der Waals surface area (Å²) in [5, 5.41) is 8.92. The Balaban J connectivity index is 2.57. The van der Waals surface area contributed by atoms with E-state index in [4.69, 9.17) is 5.26 Å². The van der Waals surface area contributed by atoms with Gasteiger partial charge < -0.3 is 0 Å². The van der Waals surface area contributed by atoms with Gasteiger partial charge in [-0.25, -0.2) is 8.78 Å². The SMILES string of the molecule is CC(F)(F)c1cccc(/C(=C\C#N)c2cccc(C(F)(F)F)c2)c1. The van der Waals surface area contributed by atoms with Crippen LogP contribution in [0.5, 0.6) is 0 Å². The number of benzene rings is 2. The van der Waals surface area contributed by atoms with Crippen molar-refractivity contribution >= 4 is 5.57 Å². The van der Waals surface area contributed by atoms with Gasteiger partial charge in [0.1, 0.15) is 0 Å². The van der Waals surface area contributed by atoms with Gasteiger partial charge in [0.25, 0.3) is 5.92 Å². The highest BCUT2D eigenvalue weighted by atomic mass is 19.4. The molecule has 0 bridgehead atoms. The predicted octanol–water partition coefficient (Wildman–Crippen LogP) is 5.77. The maximum Gasteiger partial charge on any atom is 0.416 e. The van der Waals surface area contributed by atoms with E-state index in [-0.39, 0.29) is 22.3 Å². The highest BCUT2D eigenvalue weighted by molar-refractivity contribution is 5.81. The Morgan fingerprint density at radius 1 is 0.917 bits per heavy atom. The second-order valence-electron chi connectivity index (χ2n) is 5.23. The first kappa shape index (κ1) is 17.7. The van der Waals surface area contributed by atoms with Crippen LogP contribution in [0, 0.1) is 11.3 Å². The zero-order valence-corrected chi connectivity index (χ0v) is 12.5. The van der Waals surface area contributed by atoms with Crippen LogP contribution in [-0.2, 0) is 12.1 Å². The van der Waals surface area contributed by atoms with Crippen molar-refractivity contribution in [1.29, 1.82) is 5.26 Å². The largest absolute Gasteiger partial charge is 0.416 e. The summed E-state index contributed by atoms with van der Waals surface area (Å²) in [5.74, 6) is -3.10. The van der Waals surface area contributed by atoms with Gasteiger partial charge in [0.15, 0.2) is 0 Å². The molecule has 124 valence electrons. The molecule has 6 heteroatoms. The molecule has 0 aromatic heterocycles. The predicted molar refractivity (Wildman–Crippen MR) is 80.1 cm³/mol. The molecule has 0 atom stereocenters. The van der Waals surface area contributed by atoms with Crippen LogP contribution in [0.1, 0.15) is 29.2 Å². The third-order valence-electron chi connectivity index (χ3n) is 3.39. The zero-order valence-electron chi connectivity index (χ0n) is 12.5. The molecule has 0 aliphatic carbocycles. The van der Waals surface area contributed by atoms with Crippen molar-refractivity contribution < 1.29 is 22.0 Å². The van der Waals surface area contributed by atoms with E-state index in [2.05, 4.69) is 0 Å². The molecule has 0 aliphatic heterocycles. The third kappa shape index (κ3) is 3.99. The topological polar surface area (TPSA) is 23.8 Å². The van der Waals surface area contributed by atoms with Gasteiger partial charge in [-0.15, -0.1) is 0 Å². The van der Waals surface area contributed by atoms with Gasteiger partial charge in [0.05, 0.1) is 11.6 Å². The van der Waals surface area contributed by atoms with Crippen molar-refractivity contribution in [2.75, 3.05) is 0 Å². The highest BCUT2D eigenvalue weighted by Crippen LogP contribution is 2.34. The van der Waals surface area contributed by atoms with Crippen molar-refractivity contribution in [2.24, 2.45) is 0 Å². The van der Waals surface area contributed by atoms with E-state index in [1.807, 2.05) is 0 Å². The lowest BCUT2D eigenvalue weighted by molar-refractivity contribution is -0.137. The first-order valence-corrected chi connectivity index (χ1v) is 6.89. The van der Waals surface area contributed by atoms with Gasteiger partial charge in [0.2, 0.25) is 0 Å². The third-order valence-corrected chi connectivity index (χ3v) is 3.39. The summed E-state index contributed by atoms with van der Waals surface area (Å²) in [6, 6.07) is 11.4. The Morgan fingerprint density at radius 2 is 1.42 bits per heavy atom. The molecule has 24 heavy (non-hydrogen) atoms. The average Bonchev–Trinajstić information content (AvgIpc) is 2.51. The molecular weight excluding hydrogens is 325 g/mol. The van der Waals surface area contributed by atoms with Gasteiger partial charge in [0, 0.05) is 18.6 Å². The number of halogens is 5. The van der Waals surface area contributed by atoms with E-state index >= 15 is 0 Å².